The molecule has 1 aromatic carbocycles. The lowest BCUT2D eigenvalue weighted by molar-refractivity contribution is 0.0862. The zero-order valence-electron chi connectivity index (χ0n) is 11.0. The normalized spacial score (nSPS) is 15.5. The number of carbonyl (C=O) groups is 1. The Kier molecular flexibility index (Phi) is 3.17. The standard InChI is InChI=1S/C17H14N2O/c1-2-11-19-15(12-13-7-4-3-5-8-13)16-14(17(19)20)9-6-10-18-16/h2-10,12H,1,11H2/b15-12-. The molecule has 0 bridgehead atoms. The van der Waals surface area contributed by atoms with E-state index in [1.54, 1.807) is 23.2 Å². The van der Waals surface area contributed by atoms with Crippen molar-refractivity contribution >= 4 is 17.7 Å². The molecule has 3 heteroatoms. The average Bonchev–Trinajstić information content (AvgIpc) is 2.75. The van der Waals surface area contributed by atoms with E-state index in [2.05, 4.69) is 11.6 Å². The second kappa shape index (κ2) is 5.13. The third kappa shape index (κ3) is 2.03. The highest BCUT2D eigenvalue weighted by molar-refractivity contribution is 6.10. The monoisotopic (exact) mass is 262 g/mol. The molecule has 0 N–H and O–H groups in total. The molecule has 1 aromatic heterocycles. The summed E-state index contributed by atoms with van der Waals surface area (Å²) in [6, 6.07) is 13.5. The molecule has 2 heterocycles. The van der Waals surface area contributed by atoms with E-state index in [1.165, 1.54) is 0 Å². The topological polar surface area (TPSA) is 33.2 Å². The van der Waals surface area contributed by atoms with Crippen molar-refractivity contribution in [2.45, 2.75) is 0 Å². The van der Waals surface area contributed by atoms with Crippen LogP contribution in [0.2, 0.25) is 0 Å². The summed E-state index contributed by atoms with van der Waals surface area (Å²) in [5.41, 5.74) is 3.26. The molecule has 0 radical (unpaired) electrons. The minimum absolute atomic E-state index is 0.0184. The number of aromatic nitrogens is 1. The lowest BCUT2D eigenvalue weighted by Crippen LogP contribution is -2.22. The molecule has 1 aliphatic rings. The fraction of sp³-hybridized carbons (Fsp3) is 0.0588. The van der Waals surface area contributed by atoms with Crippen LogP contribution < -0.4 is 0 Å². The second-order valence-electron chi connectivity index (χ2n) is 4.54. The Balaban J connectivity index is 2.13. The Bertz CT molecular complexity index is 689. The lowest BCUT2D eigenvalue weighted by Gasteiger charge is -2.15. The van der Waals surface area contributed by atoms with Crippen LogP contribution in [0, 0.1) is 0 Å². The molecule has 0 fully saturated rings. The summed E-state index contributed by atoms with van der Waals surface area (Å²) < 4.78 is 0. The number of carbonyl (C=O) groups excluding carboxylic acids is 1. The van der Waals surface area contributed by atoms with Crippen molar-refractivity contribution in [2.75, 3.05) is 6.54 Å². The van der Waals surface area contributed by atoms with Crippen LogP contribution >= 0.6 is 0 Å². The van der Waals surface area contributed by atoms with Crippen molar-refractivity contribution in [1.82, 2.24) is 9.88 Å². The summed E-state index contributed by atoms with van der Waals surface area (Å²) in [7, 11) is 0. The summed E-state index contributed by atoms with van der Waals surface area (Å²) >= 11 is 0. The number of hydrogen-bond donors (Lipinski definition) is 0. The van der Waals surface area contributed by atoms with Crippen LogP contribution in [0.25, 0.3) is 11.8 Å². The molecule has 0 spiro atoms. The van der Waals surface area contributed by atoms with Crippen LogP contribution in [0.5, 0.6) is 0 Å². The van der Waals surface area contributed by atoms with Crippen LogP contribution in [0.4, 0.5) is 0 Å². The van der Waals surface area contributed by atoms with Gasteiger partial charge in [0.2, 0.25) is 0 Å². The number of pyridine rings is 1. The zero-order chi connectivity index (χ0) is 13.9. The van der Waals surface area contributed by atoms with Crippen LogP contribution in [-0.2, 0) is 0 Å². The summed E-state index contributed by atoms with van der Waals surface area (Å²) in [4.78, 5) is 18.4. The van der Waals surface area contributed by atoms with Gasteiger partial charge in [-0.15, -0.1) is 6.58 Å². The number of rotatable bonds is 3. The van der Waals surface area contributed by atoms with Gasteiger partial charge in [-0.25, -0.2) is 0 Å². The minimum atomic E-state index is -0.0184. The maximum Gasteiger partial charge on any atom is 0.260 e. The number of hydrogen-bond acceptors (Lipinski definition) is 2. The van der Waals surface area contributed by atoms with E-state index in [-0.39, 0.29) is 5.91 Å². The van der Waals surface area contributed by atoms with E-state index in [9.17, 15) is 4.79 Å². The molecule has 0 unspecified atom stereocenters. The van der Waals surface area contributed by atoms with E-state index in [4.69, 9.17) is 0 Å². The maximum atomic E-state index is 12.4. The molecular weight excluding hydrogens is 248 g/mol. The summed E-state index contributed by atoms with van der Waals surface area (Å²) in [6.45, 7) is 4.20. The molecule has 0 saturated carbocycles. The highest BCUT2D eigenvalue weighted by Crippen LogP contribution is 2.32. The third-order valence-electron chi connectivity index (χ3n) is 3.23. The van der Waals surface area contributed by atoms with E-state index in [0.717, 1.165) is 17.0 Å². The Labute approximate surface area is 117 Å². The fourth-order valence-corrected chi connectivity index (χ4v) is 2.33. The molecule has 0 atom stereocenters. The fourth-order valence-electron chi connectivity index (χ4n) is 2.33. The highest BCUT2D eigenvalue weighted by atomic mass is 16.2. The van der Waals surface area contributed by atoms with Gasteiger partial charge in [-0.2, -0.15) is 0 Å². The highest BCUT2D eigenvalue weighted by Gasteiger charge is 2.32. The number of fused-ring (bicyclic) bond motifs is 1. The number of amides is 1. The second-order valence-corrected chi connectivity index (χ2v) is 4.54. The first-order chi connectivity index (χ1) is 9.81. The van der Waals surface area contributed by atoms with Crippen molar-refractivity contribution < 1.29 is 4.79 Å². The summed E-state index contributed by atoms with van der Waals surface area (Å²) in [5.74, 6) is -0.0184. The summed E-state index contributed by atoms with van der Waals surface area (Å²) in [6.07, 6.45) is 5.42. The Morgan fingerprint density at radius 1 is 1.15 bits per heavy atom. The van der Waals surface area contributed by atoms with Gasteiger partial charge in [0.05, 0.1) is 17.0 Å². The molecule has 20 heavy (non-hydrogen) atoms. The van der Waals surface area contributed by atoms with Gasteiger partial charge in [-0.3, -0.25) is 9.78 Å². The van der Waals surface area contributed by atoms with Crippen LogP contribution in [0.15, 0.2) is 61.3 Å². The molecule has 0 saturated heterocycles. The zero-order valence-corrected chi connectivity index (χ0v) is 11.0. The Morgan fingerprint density at radius 3 is 2.70 bits per heavy atom. The molecule has 98 valence electrons. The van der Waals surface area contributed by atoms with Gasteiger partial charge in [0.15, 0.2) is 0 Å². The van der Waals surface area contributed by atoms with Gasteiger partial charge in [-0.05, 0) is 23.8 Å². The predicted octanol–water partition coefficient (Wildman–Crippen LogP) is 3.22. The SMILES string of the molecule is C=CCN1C(=O)c2cccnc2/C1=C/c1ccccc1. The maximum absolute atomic E-state index is 12.4. The van der Waals surface area contributed by atoms with E-state index >= 15 is 0 Å². The largest absolute Gasteiger partial charge is 0.302 e. The van der Waals surface area contributed by atoms with Crippen molar-refractivity contribution in [3.8, 4) is 0 Å². The van der Waals surface area contributed by atoms with Crippen molar-refractivity contribution in [1.29, 1.82) is 0 Å². The van der Waals surface area contributed by atoms with Gasteiger partial charge in [0.1, 0.15) is 0 Å². The van der Waals surface area contributed by atoms with Gasteiger partial charge >= 0.3 is 0 Å². The van der Waals surface area contributed by atoms with E-state index in [1.807, 2.05) is 42.5 Å². The van der Waals surface area contributed by atoms with Gasteiger partial charge in [-0.1, -0.05) is 36.4 Å². The molecule has 1 aliphatic heterocycles. The Morgan fingerprint density at radius 2 is 1.95 bits per heavy atom. The van der Waals surface area contributed by atoms with Crippen molar-refractivity contribution in [3.63, 3.8) is 0 Å². The van der Waals surface area contributed by atoms with Crippen LogP contribution in [0.3, 0.4) is 0 Å². The molecule has 0 aliphatic carbocycles. The molecule has 3 rings (SSSR count). The molecule has 2 aromatic rings. The van der Waals surface area contributed by atoms with Crippen molar-refractivity contribution in [3.05, 3.63) is 78.1 Å². The predicted molar refractivity (Wildman–Crippen MR) is 79.8 cm³/mol. The minimum Gasteiger partial charge on any atom is -0.302 e. The van der Waals surface area contributed by atoms with Gasteiger partial charge < -0.3 is 4.90 Å². The number of nitrogens with zero attached hydrogens (tertiary/aromatic N) is 2. The quantitative estimate of drug-likeness (QED) is 0.796. The lowest BCUT2D eigenvalue weighted by atomic mass is 10.1. The average molecular weight is 262 g/mol. The number of benzene rings is 1. The van der Waals surface area contributed by atoms with Crippen molar-refractivity contribution in [2.24, 2.45) is 0 Å². The van der Waals surface area contributed by atoms with Crippen LogP contribution in [0.1, 0.15) is 21.6 Å². The summed E-state index contributed by atoms with van der Waals surface area (Å²) in [5, 5.41) is 0. The smallest absolute Gasteiger partial charge is 0.260 e. The van der Waals surface area contributed by atoms with Crippen LogP contribution in [-0.4, -0.2) is 22.3 Å². The third-order valence-corrected chi connectivity index (χ3v) is 3.23. The molecular formula is C17H14N2O. The van der Waals surface area contributed by atoms with E-state index < -0.39 is 0 Å². The first kappa shape index (κ1) is 12.4. The van der Waals surface area contributed by atoms with Gasteiger partial charge in [0.25, 0.3) is 5.91 Å². The molecule has 1 amide bonds. The van der Waals surface area contributed by atoms with Gasteiger partial charge in [0, 0.05) is 12.7 Å². The van der Waals surface area contributed by atoms with E-state index in [0.29, 0.717) is 12.1 Å². The first-order valence-electron chi connectivity index (χ1n) is 6.46. The Hall–Kier alpha value is -2.68. The molecule has 3 nitrogen and oxygen atoms in total. The first-order valence-corrected chi connectivity index (χ1v) is 6.46.